The van der Waals surface area contributed by atoms with Crippen molar-refractivity contribution in [3.63, 3.8) is 0 Å². The van der Waals surface area contributed by atoms with Gasteiger partial charge < -0.3 is 4.74 Å². The Hall–Kier alpha value is -2.05. The second-order valence-electron chi connectivity index (χ2n) is 3.93. The van der Waals surface area contributed by atoms with Crippen molar-refractivity contribution >= 4 is 11.6 Å². The molecule has 0 aliphatic carbocycles. The van der Waals surface area contributed by atoms with E-state index < -0.39 is 0 Å². The van der Waals surface area contributed by atoms with Crippen molar-refractivity contribution in [1.29, 1.82) is 5.26 Å². The van der Waals surface area contributed by atoms with Crippen LogP contribution in [-0.2, 0) is 0 Å². The SMILES string of the molecule is Cc1ccc(C#N)c(Oc2cc(Cl)ccc2C)n1. The van der Waals surface area contributed by atoms with E-state index in [4.69, 9.17) is 21.6 Å². The zero-order valence-corrected chi connectivity index (χ0v) is 10.8. The number of hydrogen-bond acceptors (Lipinski definition) is 3. The monoisotopic (exact) mass is 258 g/mol. The smallest absolute Gasteiger partial charge is 0.237 e. The van der Waals surface area contributed by atoms with Crippen molar-refractivity contribution in [1.82, 2.24) is 4.98 Å². The Balaban J connectivity index is 2.43. The van der Waals surface area contributed by atoms with Crippen molar-refractivity contribution in [3.8, 4) is 17.7 Å². The quantitative estimate of drug-likeness (QED) is 0.817. The largest absolute Gasteiger partial charge is 0.437 e. The molecule has 0 saturated heterocycles. The standard InChI is InChI=1S/C14H11ClN2O/c1-9-3-6-12(15)7-13(9)18-14-11(8-16)5-4-10(2)17-14/h3-7H,1-2H3. The molecule has 0 atom stereocenters. The van der Waals surface area contributed by atoms with E-state index in [2.05, 4.69) is 11.1 Å². The summed E-state index contributed by atoms with van der Waals surface area (Å²) in [6.07, 6.45) is 0. The second kappa shape index (κ2) is 5.07. The van der Waals surface area contributed by atoms with Crippen LogP contribution in [0.25, 0.3) is 0 Å². The number of ether oxygens (including phenoxy) is 1. The molecule has 18 heavy (non-hydrogen) atoms. The van der Waals surface area contributed by atoms with Crippen molar-refractivity contribution in [2.75, 3.05) is 0 Å². The molecule has 0 fully saturated rings. The molecule has 3 nitrogen and oxygen atoms in total. The summed E-state index contributed by atoms with van der Waals surface area (Å²) in [4.78, 5) is 4.22. The third-order valence-electron chi connectivity index (χ3n) is 2.48. The van der Waals surface area contributed by atoms with E-state index in [1.807, 2.05) is 19.9 Å². The molecule has 0 aliphatic heterocycles. The van der Waals surface area contributed by atoms with E-state index in [-0.39, 0.29) is 0 Å². The Kier molecular flexibility index (Phi) is 3.50. The number of aromatic nitrogens is 1. The van der Waals surface area contributed by atoms with Crippen molar-refractivity contribution < 1.29 is 4.74 Å². The first-order valence-electron chi connectivity index (χ1n) is 5.42. The minimum atomic E-state index is 0.308. The molecule has 1 heterocycles. The van der Waals surface area contributed by atoms with Gasteiger partial charge >= 0.3 is 0 Å². The first-order valence-corrected chi connectivity index (χ1v) is 5.79. The molecular formula is C14H11ClN2O. The molecular weight excluding hydrogens is 248 g/mol. The van der Waals surface area contributed by atoms with E-state index in [1.54, 1.807) is 24.3 Å². The lowest BCUT2D eigenvalue weighted by atomic mass is 10.2. The Morgan fingerprint density at radius 2 is 2.00 bits per heavy atom. The molecule has 0 N–H and O–H groups in total. The van der Waals surface area contributed by atoms with Crippen molar-refractivity contribution in [2.24, 2.45) is 0 Å². The molecule has 2 aromatic rings. The molecule has 0 spiro atoms. The Labute approximate surface area is 111 Å². The fourth-order valence-corrected chi connectivity index (χ4v) is 1.65. The second-order valence-corrected chi connectivity index (χ2v) is 4.37. The van der Waals surface area contributed by atoms with E-state index in [0.29, 0.717) is 22.2 Å². The third-order valence-corrected chi connectivity index (χ3v) is 2.71. The van der Waals surface area contributed by atoms with E-state index in [9.17, 15) is 0 Å². The highest BCUT2D eigenvalue weighted by atomic mass is 35.5. The predicted octanol–water partition coefficient (Wildman–Crippen LogP) is 4.02. The maximum atomic E-state index is 9.02. The molecule has 90 valence electrons. The number of nitrogens with zero attached hydrogens (tertiary/aromatic N) is 2. The minimum Gasteiger partial charge on any atom is -0.437 e. The molecule has 0 amide bonds. The summed E-state index contributed by atoms with van der Waals surface area (Å²) >= 11 is 5.92. The molecule has 0 unspecified atom stereocenters. The Morgan fingerprint density at radius 3 is 2.72 bits per heavy atom. The Bertz CT molecular complexity index is 632. The highest BCUT2D eigenvalue weighted by molar-refractivity contribution is 6.30. The van der Waals surface area contributed by atoms with Gasteiger partial charge in [-0.2, -0.15) is 5.26 Å². The normalized spacial score (nSPS) is 9.89. The van der Waals surface area contributed by atoms with Gasteiger partial charge in [-0.25, -0.2) is 4.98 Å². The lowest BCUT2D eigenvalue weighted by Crippen LogP contribution is -1.95. The van der Waals surface area contributed by atoms with Crippen LogP contribution in [0, 0.1) is 25.2 Å². The number of pyridine rings is 1. The van der Waals surface area contributed by atoms with Gasteiger partial charge in [0.2, 0.25) is 5.88 Å². The highest BCUT2D eigenvalue weighted by Gasteiger charge is 2.09. The summed E-state index contributed by atoms with van der Waals surface area (Å²) in [5.74, 6) is 0.917. The first-order chi connectivity index (χ1) is 8.60. The predicted molar refractivity (Wildman–Crippen MR) is 70.0 cm³/mol. The minimum absolute atomic E-state index is 0.308. The van der Waals surface area contributed by atoms with Gasteiger partial charge in [0.05, 0.1) is 0 Å². The average molecular weight is 259 g/mol. The van der Waals surface area contributed by atoms with Gasteiger partial charge in [0.1, 0.15) is 17.4 Å². The van der Waals surface area contributed by atoms with Crippen LogP contribution >= 0.6 is 11.6 Å². The van der Waals surface area contributed by atoms with Crippen LogP contribution in [0.5, 0.6) is 11.6 Å². The number of nitriles is 1. The molecule has 0 bridgehead atoms. The van der Waals surface area contributed by atoms with Gasteiger partial charge in [-0.15, -0.1) is 0 Å². The number of aryl methyl sites for hydroxylation is 2. The van der Waals surface area contributed by atoms with Crippen LogP contribution in [0.3, 0.4) is 0 Å². The van der Waals surface area contributed by atoms with Gasteiger partial charge in [0, 0.05) is 10.7 Å². The van der Waals surface area contributed by atoms with Gasteiger partial charge in [0.25, 0.3) is 0 Å². The number of halogens is 1. The molecule has 4 heteroatoms. The van der Waals surface area contributed by atoms with Crippen LogP contribution in [0.1, 0.15) is 16.8 Å². The Morgan fingerprint density at radius 1 is 1.22 bits per heavy atom. The van der Waals surface area contributed by atoms with Crippen LogP contribution in [0.4, 0.5) is 0 Å². The van der Waals surface area contributed by atoms with Crippen LogP contribution < -0.4 is 4.74 Å². The summed E-state index contributed by atoms with van der Waals surface area (Å²) < 4.78 is 5.67. The van der Waals surface area contributed by atoms with Crippen LogP contribution in [0.15, 0.2) is 30.3 Å². The number of benzene rings is 1. The summed E-state index contributed by atoms with van der Waals surface area (Å²) in [7, 11) is 0. The number of hydrogen-bond donors (Lipinski definition) is 0. The summed E-state index contributed by atoms with van der Waals surface area (Å²) in [6.45, 7) is 3.76. The lowest BCUT2D eigenvalue weighted by Gasteiger charge is -2.09. The van der Waals surface area contributed by atoms with Crippen molar-refractivity contribution in [3.05, 3.63) is 52.2 Å². The molecule has 1 aromatic carbocycles. The molecule has 0 radical (unpaired) electrons. The van der Waals surface area contributed by atoms with Crippen LogP contribution in [-0.4, -0.2) is 4.98 Å². The summed E-state index contributed by atoms with van der Waals surface area (Å²) in [5, 5.41) is 9.60. The fourth-order valence-electron chi connectivity index (χ4n) is 1.48. The van der Waals surface area contributed by atoms with Gasteiger partial charge in [0.15, 0.2) is 0 Å². The molecule has 0 saturated carbocycles. The zero-order chi connectivity index (χ0) is 13.1. The first kappa shape index (κ1) is 12.4. The van der Waals surface area contributed by atoms with Gasteiger partial charge in [-0.1, -0.05) is 17.7 Å². The van der Waals surface area contributed by atoms with Crippen molar-refractivity contribution in [2.45, 2.75) is 13.8 Å². The topological polar surface area (TPSA) is 45.9 Å². The lowest BCUT2D eigenvalue weighted by molar-refractivity contribution is 0.456. The maximum Gasteiger partial charge on any atom is 0.237 e. The molecule has 2 rings (SSSR count). The van der Waals surface area contributed by atoms with Gasteiger partial charge in [-0.05, 0) is 43.7 Å². The maximum absolute atomic E-state index is 9.02. The zero-order valence-electron chi connectivity index (χ0n) is 10.1. The third kappa shape index (κ3) is 2.61. The number of rotatable bonds is 2. The van der Waals surface area contributed by atoms with E-state index >= 15 is 0 Å². The van der Waals surface area contributed by atoms with E-state index in [1.165, 1.54) is 0 Å². The van der Waals surface area contributed by atoms with E-state index in [0.717, 1.165) is 11.3 Å². The van der Waals surface area contributed by atoms with Gasteiger partial charge in [-0.3, -0.25) is 0 Å². The fraction of sp³-hybridized carbons (Fsp3) is 0.143. The molecule has 1 aromatic heterocycles. The van der Waals surface area contributed by atoms with Crippen LogP contribution in [0.2, 0.25) is 5.02 Å². The summed E-state index contributed by atoms with van der Waals surface area (Å²) in [6, 6.07) is 10.9. The molecule has 0 aliphatic rings. The highest BCUT2D eigenvalue weighted by Crippen LogP contribution is 2.28. The summed E-state index contributed by atoms with van der Waals surface area (Å²) in [5.41, 5.74) is 2.13. The average Bonchev–Trinajstić information content (AvgIpc) is 2.34.